The summed E-state index contributed by atoms with van der Waals surface area (Å²) in [5.41, 5.74) is 2.22. The van der Waals surface area contributed by atoms with Crippen LogP contribution in [0.15, 0.2) is 53.0 Å². The fourth-order valence-corrected chi connectivity index (χ4v) is 3.66. The normalized spacial score (nSPS) is 19.9. The number of tetrazole rings is 1. The van der Waals surface area contributed by atoms with Crippen LogP contribution in [0.2, 0.25) is 5.02 Å². The standard InChI is InChI=1S/C16H13BrClN5/c17-11-5-3-4-10(8-11)14-9-15(12-6-1-2-7-13(12)18)23-16(19-14)20-21-22-23/h1-8,14-15H,9H2,(H,19,20,22)/t14-,15+/m0/s1. The number of anilines is 1. The minimum atomic E-state index is -0.000989. The van der Waals surface area contributed by atoms with Crippen LogP contribution < -0.4 is 5.32 Å². The largest absolute Gasteiger partial charge is 0.346 e. The van der Waals surface area contributed by atoms with E-state index in [1.54, 1.807) is 4.68 Å². The average molecular weight is 391 g/mol. The van der Waals surface area contributed by atoms with E-state index < -0.39 is 0 Å². The Bertz CT molecular complexity index is 850. The Labute approximate surface area is 146 Å². The van der Waals surface area contributed by atoms with E-state index in [0.717, 1.165) is 21.5 Å². The van der Waals surface area contributed by atoms with E-state index in [-0.39, 0.29) is 12.1 Å². The van der Waals surface area contributed by atoms with Gasteiger partial charge in [-0.05, 0) is 46.2 Å². The summed E-state index contributed by atoms with van der Waals surface area (Å²) >= 11 is 9.93. The van der Waals surface area contributed by atoms with Gasteiger partial charge in [0, 0.05) is 9.50 Å². The molecule has 0 radical (unpaired) electrons. The monoisotopic (exact) mass is 389 g/mol. The summed E-state index contributed by atoms with van der Waals surface area (Å²) in [7, 11) is 0. The van der Waals surface area contributed by atoms with Gasteiger partial charge in [-0.15, -0.1) is 0 Å². The number of aromatic nitrogens is 4. The number of hydrogen-bond donors (Lipinski definition) is 1. The lowest BCUT2D eigenvalue weighted by molar-refractivity contribution is 0.424. The topological polar surface area (TPSA) is 55.6 Å². The maximum absolute atomic E-state index is 6.40. The van der Waals surface area contributed by atoms with Crippen molar-refractivity contribution in [1.82, 2.24) is 20.2 Å². The first-order valence-electron chi connectivity index (χ1n) is 7.26. The Morgan fingerprint density at radius 3 is 2.87 bits per heavy atom. The molecule has 0 unspecified atom stereocenters. The van der Waals surface area contributed by atoms with Gasteiger partial charge in [-0.1, -0.05) is 63.0 Å². The molecule has 1 N–H and O–H groups in total. The van der Waals surface area contributed by atoms with Crippen LogP contribution in [0, 0.1) is 0 Å². The van der Waals surface area contributed by atoms with Gasteiger partial charge in [0.1, 0.15) is 0 Å². The number of halogens is 2. The minimum absolute atomic E-state index is 0.000989. The zero-order chi connectivity index (χ0) is 15.8. The molecular formula is C16H13BrClN5. The first-order chi connectivity index (χ1) is 11.2. The molecule has 0 aliphatic carbocycles. The number of hydrogen-bond acceptors (Lipinski definition) is 4. The molecule has 4 rings (SSSR count). The van der Waals surface area contributed by atoms with Gasteiger partial charge in [-0.2, -0.15) is 0 Å². The Kier molecular flexibility index (Phi) is 3.79. The zero-order valence-electron chi connectivity index (χ0n) is 12.0. The molecule has 0 saturated carbocycles. The number of nitrogens with one attached hydrogen (secondary N) is 1. The quantitative estimate of drug-likeness (QED) is 0.711. The van der Waals surface area contributed by atoms with Crippen molar-refractivity contribution in [2.24, 2.45) is 0 Å². The van der Waals surface area contributed by atoms with E-state index >= 15 is 0 Å². The second kappa shape index (κ2) is 5.94. The smallest absolute Gasteiger partial charge is 0.243 e. The van der Waals surface area contributed by atoms with E-state index in [2.05, 4.69) is 48.9 Å². The molecule has 0 spiro atoms. The van der Waals surface area contributed by atoms with Crippen molar-refractivity contribution < 1.29 is 0 Å². The zero-order valence-corrected chi connectivity index (χ0v) is 14.4. The molecule has 116 valence electrons. The van der Waals surface area contributed by atoms with Gasteiger partial charge >= 0.3 is 0 Å². The number of rotatable bonds is 2. The van der Waals surface area contributed by atoms with Crippen LogP contribution in [0.5, 0.6) is 0 Å². The Morgan fingerprint density at radius 2 is 2.04 bits per heavy atom. The van der Waals surface area contributed by atoms with E-state index in [1.807, 2.05) is 36.4 Å². The Morgan fingerprint density at radius 1 is 1.17 bits per heavy atom. The summed E-state index contributed by atoms with van der Waals surface area (Å²) in [5.74, 6) is 0.658. The van der Waals surface area contributed by atoms with Crippen molar-refractivity contribution in [3.05, 3.63) is 69.2 Å². The van der Waals surface area contributed by atoms with Crippen LogP contribution in [0.25, 0.3) is 0 Å². The highest BCUT2D eigenvalue weighted by molar-refractivity contribution is 9.10. The number of benzene rings is 2. The Balaban J connectivity index is 1.77. The van der Waals surface area contributed by atoms with Crippen LogP contribution in [-0.4, -0.2) is 20.2 Å². The maximum atomic E-state index is 6.40. The fraction of sp³-hybridized carbons (Fsp3) is 0.188. The SMILES string of the molecule is Clc1ccccc1[C@H]1C[C@@H](c2cccc(Br)c2)Nc2nnnn21. The molecule has 1 aliphatic rings. The number of fused-ring (bicyclic) bond motifs is 1. The highest BCUT2D eigenvalue weighted by Gasteiger charge is 2.31. The van der Waals surface area contributed by atoms with Crippen LogP contribution >= 0.6 is 27.5 Å². The molecule has 23 heavy (non-hydrogen) atoms. The maximum Gasteiger partial charge on any atom is 0.243 e. The van der Waals surface area contributed by atoms with Crippen LogP contribution in [0.3, 0.4) is 0 Å². The predicted octanol–water partition coefficient (Wildman–Crippen LogP) is 4.24. The molecule has 0 saturated heterocycles. The summed E-state index contributed by atoms with van der Waals surface area (Å²) in [6, 6.07) is 16.2. The molecule has 1 aromatic heterocycles. The fourth-order valence-electron chi connectivity index (χ4n) is 2.98. The van der Waals surface area contributed by atoms with Gasteiger partial charge in [0.15, 0.2) is 0 Å². The van der Waals surface area contributed by atoms with E-state index in [0.29, 0.717) is 5.95 Å². The van der Waals surface area contributed by atoms with Gasteiger partial charge < -0.3 is 5.32 Å². The molecule has 0 bridgehead atoms. The molecule has 2 heterocycles. The summed E-state index contributed by atoms with van der Waals surface area (Å²) < 4.78 is 2.85. The third-order valence-electron chi connectivity index (χ3n) is 4.07. The molecule has 5 nitrogen and oxygen atoms in total. The molecule has 3 aromatic rings. The van der Waals surface area contributed by atoms with Crippen LogP contribution in [-0.2, 0) is 0 Å². The third kappa shape index (κ3) is 2.72. The number of nitrogens with zero attached hydrogens (tertiary/aromatic N) is 4. The van der Waals surface area contributed by atoms with Gasteiger partial charge in [-0.25, -0.2) is 4.68 Å². The van der Waals surface area contributed by atoms with Crippen molar-refractivity contribution >= 4 is 33.5 Å². The summed E-state index contributed by atoms with van der Waals surface area (Å²) in [5, 5.41) is 16.2. The van der Waals surface area contributed by atoms with Crippen molar-refractivity contribution in [1.29, 1.82) is 0 Å². The predicted molar refractivity (Wildman–Crippen MR) is 92.5 cm³/mol. The molecule has 2 atom stereocenters. The average Bonchev–Trinajstić information content (AvgIpc) is 3.03. The van der Waals surface area contributed by atoms with E-state index in [4.69, 9.17) is 11.6 Å². The molecule has 2 aromatic carbocycles. The summed E-state index contributed by atoms with van der Waals surface area (Å²) in [6.07, 6.45) is 0.818. The van der Waals surface area contributed by atoms with Crippen molar-refractivity contribution in [3.8, 4) is 0 Å². The van der Waals surface area contributed by atoms with E-state index in [1.165, 1.54) is 5.56 Å². The van der Waals surface area contributed by atoms with Crippen LogP contribution in [0.1, 0.15) is 29.6 Å². The second-order valence-electron chi connectivity index (χ2n) is 5.47. The third-order valence-corrected chi connectivity index (χ3v) is 4.90. The first-order valence-corrected chi connectivity index (χ1v) is 8.44. The molecule has 0 amide bonds. The Hall–Kier alpha value is -1.92. The minimum Gasteiger partial charge on any atom is -0.346 e. The van der Waals surface area contributed by atoms with Gasteiger partial charge in [0.2, 0.25) is 5.95 Å². The molecule has 0 fully saturated rings. The first kappa shape index (κ1) is 14.7. The summed E-state index contributed by atoms with van der Waals surface area (Å²) in [4.78, 5) is 0. The molecule has 1 aliphatic heterocycles. The van der Waals surface area contributed by atoms with Crippen molar-refractivity contribution in [3.63, 3.8) is 0 Å². The van der Waals surface area contributed by atoms with Crippen LogP contribution in [0.4, 0.5) is 5.95 Å². The lowest BCUT2D eigenvalue weighted by Crippen LogP contribution is -2.28. The molecule has 7 heteroatoms. The molecular weight excluding hydrogens is 378 g/mol. The van der Waals surface area contributed by atoms with Gasteiger partial charge in [-0.3, -0.25) is 0 Å². The van der Waals surface area contributed by atoms with Gasteiger partial charge in [0.25, 0.3) is 0 Å². The highest BCUT2D eigenvalue weighted by atomic mass is 79.9. The van der Waals surface area contributed by atoms with Gasteiger partial charge in [0.05, 0.1) is 12.1 Å². The van der Waals surface area contributed by atoms with Crippen molar-refractivity contribution in [2.75, 3.05) is 5.32 Å². The van der Waals surface area contributed by atoms with Crippen molar-refractivity contribution in [2.45, 2.75) is 18.5 Å². The second-order valence-corrected chi connectivity index (χ2v) is 6.79. The summed E-state index contributed by atoms with van der Waals surface area (Å²) in [6.45, 7) is 0. The lowest BCUT2D eigenvalue weighted by Gasteiger charge is -2.31. The lowest BCUT2D eigenvalue weighted by atomic mass is 9.93. The highest BCUT2D eigenvalue weighted by Crippen LogP contribution is 2.39. The van der Waals surface area contributed by atoms with E-state index in [9.17, 15) is 0 Å².